The topological polar surface area (TPSA) is 95.9 Å². The summed E-state index contributed by atoms with van der Waals surface area (Å²) in [6.45, 7) is 6.47. The number of esters is 1. The van der Waals surface area contributed by atoms with E-state index in [0.29, 0.717) is 19.3 Å². The van der Waals surface area contributed by atoms with E-state index in [-0.39, 0.29) is 24.9 Å². The molecule has 3 unspecified atom stereocenters. The number of carbonyl (C=O) groups excluding carboxylic acids is 2. The molecule has 0 fully saturated rings. The number of nitrogens with one attached hydrogen (secondary N) is 1. The van der Waals surface area contributed by atoms with Gasteiger partial charge in [0.1, 0.15) is 6.10 Å². The number of allylic oxidation sites excluding steroid dienone is 8. The van der Waals surface area contributed by atoms with Crippen molar-refractivity contribution in [2.45, 2.75) is 322 Å². The van der Waals surface area contributed by atoms with E-state index < -0.39 is 18.2 Å². The first-order chi connectivity index (χ1) is 33.0. The van der Waals surface area contributed by atoms with Crippen molar-refractivity contribution in [2.75, 3.05) is 6.61 Å². The molecule has 0 spiro atoms. The summed E-state index contributed by atoms with van der Waals surface area (Å²) in [7, 11) is 0. The third kappa shape index (κ3) is 50.0. The number of ether oxygens (including phenoxy) is 1. The number of aliphatic hydroxyl groups is 2. The van der Waals surface area contributed by atoms with E-state index in [1.165, 1.54) is 186 Å². The molecule has 67 heavy (non-hydrogen) atoms. The fourth-order valence-electron chi connectivity index (χ4n) is 8.95. The molecule has 6 heteroatoms. The molecule has 1 amide bonds. The minimum atomic E-state index is -0.801. The largest absolute Gasteiger partial charge is 0.462 e. The number of hydrogen-bond acceptors (Lipinski definition) is 5. The van der Waals surface area contributed by atoms with E-state index in [0.717, 1.165) is 70.6 Å². The first-order valence-electron chi connectivity index (χ1n) is 29.4. The smallest absolute Gasteiger partial charge is 0.306 e. The Morgan fingerprint density at radius 1 is 0.433 bits per heavy atom. The minimum absolute atomic E-state index is 0.0431. The Kier molecular flexibility index (Phi) is 53.0. The fraction of sp³-hybridized carbons (Fsp3) is 0.836. The van der Waals surface area contributed by atoms with Crippen LogP contribution in [0.25, 0.3) is 0 Å². The summed E-state index contributed by atoms with van der Waals surface area (Å²) in [6, 6.07) is -0.718. The molecule has 3 N–H and O–H groups in total. The van der Waals surface area contributed by atoms with Crippen LogP contribution >= 0.6 is 0 Å². The second kappa shape index (κ2) is 54.8. The van der Waals surface area contributed by atoms with Crippen LogP contribution in [0.1, 0.15) is 303 Å². The summed E-state index contributed by atoms with van der Waals surface area (Å²) < 4.78 is 5.94. The van der Waals surface area contributed by atoms with Gasteiger partial charge in [-0.25, -0.2) is 0 Å². The van der Waals surface area contributed by atoms with Crippen LogP contribution in [0, 0.1) is 0 Å². The molecule has 0 aromatic heterocycles. The molecule has 0 radical (unpaired) electrons. The number of amides is 1. The highest BCUT2D eigenvalue weighted by Crippen LogP contribution is 2.18. The third-order valence-electron chi connectivity index (χ3n) is 13.4. The highest BCUT2D eigenvalue weighted by molar-refractivity contribution is 5.77. The van der Waals surface area contributed by atoms with Gasteiger partial charge in [-0.1, -0.05) is 275 Å². The van der Waals surface area contributed by atoms with Crippen molar-refractivity contribution in [1.29, 1.82) is 0 Å². The lowest BCUT2D eigenvalue weighted by atomic mass is 10.0. The summed E-state index contributed by atoms with van der Waals surface area (Å²) in [5, 5.41) is 23.8. The molecule has 0 aromatic rings. The Hall–Kier alpha value is -2.18. The summed E-state index contributed by atoms with van der Waals surface area (Å²) in [4.78, 5) is 26.3. The zero-order valence-electron chi connectivity index (χ0n) is 44.8. The monoisotopic (exact) mass is 940 g/mol. The van der Waals surface area contributed by atoms with E-state index in [1.807, 2.05) is 0 Å². The van der Waals surface area contributed by atoms with E-state index in [2.05, 4.69) is 74.7 Å². The van der Waals surface area contributed by atoms with Gasteiger partial charge in [-0.15, -0.1) is 0 Å². The second-order valence-electron chi connectivity index (χ2n) is 20.1. The van der Waals surface area contributed by atoms with E-state index in [1.54, 1.807) is 0 Å². The lowest BCUT2D eigenvalue weighted by Crippen LogP contribution is -2.46. The molecule has 3 atom stereocenters. The number of rotatable bonds is 53. The average Bonchev–Trinajstić information content (AvgIpc) is 3.32. The van der Waals surface area contributed by atoms with Gasteiger partial charge in [0.2, 0.25) is 5.91 Å². The predicted molar refractivity (Wildman–Crippen MR) is 292 cm³/mol. The molecule has 0 bridgehead atoms. The first kappa shape index (κ1) is 64.8. The van der Waals surface area contributed by atoms with Crippen LogP contribution in [0.3, 0.4) is 0 Å². The minimum Gasteiger partial charge on any atom is -0.462 e. The maximum absolute atomic E-state index is 13.3. The van der Waals surface area contributed by atoms with Crippen LogP contribution < -0.4 is 5.32 Å². The highest BCUT2D eigenvalue weighted by atomic mass is 16.5. The number of hydrogen-bond donors (Lipinski definition) is 3. The molecule has 0 heterocycles. The van der Waals surface area contributed by atoms with Gasteiger partial charge in [-0.05, 0) is 64.2 Å². The van der Waals surface area contributed by atoms with Crippen LogP contribution in [0.2, 0.25) is 0 Å². The number of unbranched alkanes of at least 4 members (excludes halogenated alkanes) is 33. The molecule has 0 aliphatic rings. The maximum Gasteiger partial charge on any atom is 0.306 e. The Bertz CT molecular complexity index is 1150. The number of aliphatic hydroxyl groups excluding tert-OH is 2. The normalized spacial score (nSPS) is 13.4. The van der Waals surface area contributed by atoms with Crippen molar-refractivity contribution >= 4 is 11.9 Å². The van der Waals surface area contributed by atoms with Crippen LogP contribution in [0.5, 0.6) is 0 Å². The van der Waals surface area contributed by atoms with Crippen LogP contribution in [-0.4, -0.2) is 46.9 Å². The van der Waals surface area contributed by atoms with Crippen molar-refractivity contribution < 1.29 is 24.5 Å². The summed E-state index contributed by atoms with van der Waals surface area (Å²) in [5.74, 6) is -0.514. The van der Waals surface area contributed by atoms with Crippen LogP contribution in [0.4, 0.5) is 0 Å². The van der Waals surface area contributed by atoms with Crippen LogP contribution in [-0.2, 0) is 14.3 Å². The molecule has 392 valence electrons. The summed E-state index contributed by atoms with van der Waals surface area (Å²) >= 11 is 0. The van der Waals surface area contributed by atoms with Gasteiger partial charge < -0.3 is 20.3 Å². The Morgan fingerprint density at radius 3 is 1.18 bits per heavy atom. The quantitative estimate of drug-likeness (QED) is 0.0321. The van der Waals surface area contributed by atoms with Gasteiger partial charge >= 0.3 is 5.97 Å². The molecule has 0 saturated carbocycles. The van der Waals surface area contributed by atoms with E-state index in [9.17, 15) is 19.8 Å². The molecule has 0 aromatic carbocycles. The van der Waals surface area contributed by atoms with Gasteiger partial charge in [-0.3, -0.25) is 9.59 Å². The zero-order chi connectivity index (χ0) is 48.8. The summed E-state index contributed by atoms with van der Waals surface area (Å²) in [6.07, 6.45) is 67.5. The average molecular weight is 941 g/mol. The van der Waals surface area contributed by atoms with Crippen molar-refractivity contribution in [2.24, 2.45) is 0 Å². The van der Waals surface area contributed by atoms with Crippen molar-refractivity contribution in [1.82, 2.24) is 5.32 Å². The van der Waals surface area contributed by atoms with Crippen molar-refractivity contribution in [3.8, 4) is 0 Å². The Balaban J connectivity index is 4.62. The van der Waals surface area contributed by atoms with Crippen molar-refractivity contribution in [3.63, 3.8) is 0 Å². The van der Waals surface area contributed by atoms with Gasteiger partial charge in [0.25, 0.3) is 0 Å². The summed E-state index contributed by atoms with van der Waals surface area (Å²) in [5.41, 5.74) is 0. The van der Waals surface area contributed by atoms with Gasteiger partial charge in [0, 0.05) is 6.42 Å². The standard InChI is InChI=1S/C61H113NO5/c1-4-7-10-13-16-19-22-25-27-29-31-33-36-39-42-45-48-51-54-61(66)67-57(52-49-46-43-40-37-35-32-30-28-26-23-20-17-14-11-8-5-2)55-60(65)62-58(56-63)59(64)53-50-47-44-41-38-34-24-21-18-15-12-9-6-3/h17,20,26,28,32,35,40,43,57-59,63-64H,4-16,18-19,21-25,27,29-31,33-34,36-39,41-42,44-56H2,1-3H3,(H,62,65)/b20-17-,28-26-,35-32-,43-40-. The van der Waals surface area contributed by atoms with Gasteiger partial charge in [0.15, 0.2) is 0 Å². The van der Waals surface area contributed by atoms with E-state index in [4.69, 9.17) is 4.74 Å². The molecule has 0 saturated heterocycles. The molecule has 0 rings (SSSR count). The maximum atomic E-state index is 13.3. The molecule has 6 nitrogen and oxygen atoms in total. The van der Waals surface area contributed by atoms with Gasteiger partial charge in [0.05, 0.1) is 25.2 Å². The van der Waals surface area contributed by atoms with Crippen LogP contribution in [0.15, 0.2) is 48.6 Å². The molecular weight excluding hydrogens is 827 g/mol. The third-order valence-corrected chi connectivity index (χ3v) is 13.4. The lowest BCUT2D eigenvalue weighted by molar-refractivity contribution is -0.151. The SMILES string of the molecule is CCCCC/C=C\C/C=C\C/C=C\C/C=C\CCCC(CC(=O)NC(CO)C(O)CCCCCCCCCCCCCCC)OC(=O)CCCCCCCCCCCCCCCCCCCC. The van der Waals surface area contributed by atoms with Gasteiger partial charge in [-0.2, -0.15) is 0 Å². The highest BCUT2D eigenvalue weighted by Gasteiger charge is 2.24. The second-order valence-corrected chi connectivity index (χ2v) is 20.1. The molecule has 0 aliphatic carbocycles. The zero-order valence-corrected chi connectivity index (χ0v) is 44.8. The predicted octanol–water partition coefficient (Wildman–Crippen LogP) is 18.2. The Labute approximate surface area is 416 Å². The Morgan fingerprint density at radius 2 is 0.776 bits per heavy atom. The van der Waals surface area contributed by atoms with E-state index >= 15 is 0 Å². The first-order valence-corrected chi connectivity index (χ1v) is 29.4. The molecular formula is C61H113NO5. The fourth-order valence-corrected chi connectivity index (χ4v) is 8.95. The van der Waals surface area contributed by atoms with Crippen molar-refractivity contribution in [3.05, 3.63) is 48.6 Å². The lowest BCUT2D eigenvalue weighted by Gasteiger charge is -2.24. The number of carbonyl (C=O) groups is 2. The molecule has 0 aliphatic heterocycles.